The van der Waals surface area contributed by atoms with Gasteiger partial charge in [0.2, 0.25) is 0 Å². The highest BCUT2D eigenvalue weighted by Gasteiger charge is 2.17. The second-order valence-electron chi connectivity index (χ2n) is 4.44. The van der Waals surface area contributed by atoms with Crippen LogP contribution in [0.5, 0.6) is 0 Å². The molecule has 2 heterocycles. The van der Waals surface area contributed by atoms with E-state index in [-0.39, 0.29) is 6.04 Å². The normalized spacial score (nSPS) is 12.7. The second-order valence-corrected chi connectivity index (χ2v) is 6.58. The standard InChI is InChI=1S/C13H16ClN3S2/c1-8(2)12(9-5-4-6-19-9)16-11-7-10(14)15-13(17-11)18-3/h4-8,12H,1-3H3,(H,15,16,17). The average Bonchev–Trinajstić information content (AvgIpc) is 2.88. The van der Waals surface area contributed by atoms with Gasteiger partial charge >= 0.3 is 0 Å². The molecule has 19 heavy (non-hydrogen) atoms. The third-order valence-corrected chi connectivity index (χ3v) is 4.37. The van der Waals surface area contributed by atoms with Crippen LogP contribution in [0, 0.1) is 5.92 Å². The lowest BCUT2D eigenvalue weighted by Crippen LogP contribution is -2.16. The first-order valence-electron chi connectivity index (χ1n) is 5.98. The minimum Gasteiger partial charge on any atom is -0.362 e. The summed E-state index contributed by atoms with van der Waals surface area (Å²) < 4.78 is 0. The average molecular weight is 314 g/mol. The third kappa shape index (κ3) is 3.84. The van der Waals surface area contributed by atoms with Crippen molar-refractivity contribution < 1.29 is 0 Å². The van der Waals surface area contributed by atoms with Crippen LogP contribution in [0.25, 0.3) is 0 Å². The molecule has 0 fully saturated rings. The number of rotatable bonds is 5. The van der Waals surface area contributed by atoms with E-state index in [2.05, 4.69) is 46.6 Å². The van der Waals surface area contributed by atoms with E-state index in [0.717, 1.165) is 5.82 Å². The Kier molecular flexibility index (Phi) is 5.07. The van der Waals surface area contributed by atoms with E-state index in [0.29, 0.717) is 16.2 Å². The monoisotopic (exact) mass is 313 g/mol. The van der Waals surface area contributed by atoms with Gasteiger partial charge < -0.3 is 5.32 Å². The van der Waals surface area contributed by atoms with Gasteiger partial charge in [-0.15, -0.1) is 11.3 Å². The SMILES string of the molecule is CSc1nc(Cl)cc(NC(c2cccs2)C(C)C)n1. The summed E-state index contributed by atoms with van der Waals surface area (Å²) in [5, 5.41) is 6.70. The van der Waals surface area contributed by atoms with Gasteiger partial charge in [-0.25, -0.2) is 9.97 Å². The molecule has 6 heteroatoms. The van der Waals surface area contributed by atoms with Crippen molar-refractivity contribution in [1.29, 1.82) is 0 Å². The van der Waals surface area contributed by atoms with Crippen molar-refractivity contribution >= 4 is 40.5 Å². The van der Waals surface area contributed by atoms with Crippen LogP contribution >= 0.6 is 34.7 Å². The first-order valence-corrected chi connectivity index (χ1v) is 8.47. The van der Waals surface area contributed by atoms with Gasteiger partial charge in [0.15, 0.2) is 5.16 Å². The fraction of sp³-hybridized carbons (Fsp3) is 0.385. The number of hydrogen-bond donors (Lipinski definition) is 1. The Labute approximate surface area is 126 Å². The van der Waals surface area contributed by atoms with Crippen molar-refractivity contribution in [2.24, 2.45) is 5.92 Å². The van der Waals surface area contributed by atoms with E-state index in [9.17, 15) is 0 Å². The second kappa shape index (κ2) is 6.59. The summed E-state index contributed by atoms with van der Waals surface area (Å²) in [7, 11) is 0. The van der Waals surface area contributed by atoms with Gasteiger partial charge in [-0.3, -0.25) is 0 Å². The van der Waals surface area contributed by atoms with E-state index < -0.39 is 0 Å². The van der Waals surface area contributed by atoms with Crippen LogP contribution in [0.1, 0.15) is 24.8 Å². The van der Waals surface area contributed by atoms with Crippen molar-refractivity contribution in [3.63, 3.8) is 0 Å². The molecule has 0 spiro atoms. The fourth-order valence-corrected chi connectivity index (χ4v) is 3.32. The van der Waals surface area contributed by atoms with Gasteiger partial charge in [0.05, 0.1) is 6.04 Å². The molecule has 3 nitrogen and oxygen atoms in total. The smallest absolute Gasteiger partial charge is 0.190 e. The quantitative estimate of drug-likeness (QED) is 0.492. The minimum atomic E-state index is 0.237. The zero-order chi connectivity index (χ0) is 13.8. The lowest BCUT2D eigenvalue weighted by molar-refractivity contribution is 0.551. The molecule has 0 aliphatic heterocycles. The molecule has 0 aliphatic carbocycles. The molecular formula is C13H16ClN3S2. The number of nitrogens with one attached hydrogen (secondary N) is 1. The highest BCUT2D eigenvalue weighted by molar-refractivity contribution is 7.98. The predicted molar refractivity (Wildman–Crippen MR) is 84.3 cm³/mol. The highest BCUT2D eigenvalue weighted by Crippen LogP contribution is 2.30. The van der Waals surface area contributed by atoms with E-state index in [4.69, 9.17) is 11.6 Å². The lowest BCUT2D eigenvalue weighted by Gasteiger charge is -2.22. The summed E-state index contributed by atoms with van der Waals surface area (Å²) >= 11 is 9.25. The number of thiophene rings is 1. The first kappa shape index (κ1) is 14.6. The summed E-state index contributed by atoms with van der Waals surface area (Å²) in [5.41, 5.74) is 0. The van der Waals surface area contributed by atoms with Crippen molar-refractivity contribution in [2.75, 3.05) is 11.6 Å². The Morgan fingerprint density at radius 1 is 1.37 bits per heavy atom. The van der Waals surface area contributed by atoms with Crippen LogP contribution in [-0.4, -0.2) is 16.2 Å². The van der Waals surface area contributed by atoms with Crippen LogP contribution in [0.15, 0.2) is 28.7 Å². The highest BCUT2D eigenvalue weighted by atomic mass is 35.5. The van der Waals surface area contributed by atoms with Crippen LogP contribution in [0.4, 0.5) is 5.82 Å². The molecule has 2 rings (SSSR count). The molecule has 102 valence electrons. The Balaban J connectivity index is 2.24. The van der Waals surface area contributed by atoms with E-state index in [1.54, 1.807) is 17.4 Å². The number of thioether (sulfide) groups is 1. The number of nitrogens with zero attached hydrogens (tertiary/aromatic N) is 2. The van der Waals surface area contributed by atoms with Gasteiger partial charge in [0.1, 0.15) is 11.0 Å². The maximum Gasteiger partial charge on any atom is 0.190 e. The Bertz CT molecular complexity index is 529. The minimum absolute atomic E-state index is 0.237. The lowest BCUT2D eigenvalue weighted by atomic mass is 10.0. The van der Waals surface area contributed by atoms with Crippen LogP contribution < -0.4 is 5.32 Å². The molecule has 1 atom stereocenters. The first-order chi connectivity index (χ1) is 9.10. The van der Waals surface area contributed by atoms with Gasteiger partial charge in [0.25, 0.3) is 0 Å². The zero-order valence-electron chi connectivity index (χ0n) is 11.1. The molecule has 0 bridgehead atoms. The Morgan fingerprint density at radius 2 is 2.16 bits per heavy atom. The molecule has 0 aromatic carbocycles. The van der Waals surface area contributed by atoms with E-state index in [1.165, 1.54) is 16.6 Å². The zero-order valence-corrected chi connectivity index (χ0v) is 13.4. The largest absolute Gasteiger partial charge is 0.362 e. The molecule has 0 amide bonds. The number of anilines is 1. The fourth-order valence-electron chi connectivity index (χ4n) is 1.76. The molecule has 0 aliphatic rings. The maximum absolute atomic E-state index is 6.01. The van der Waals surface area contributed by atoms with Gasteiger partial charge in [-0.2, -0.15) is 0 Å². The molecule has 1 N–H and O–H groups in total. The maximum atomic E-state index is 6.01. The van der Waals surface area contributed by atoms with E-state index >= 15 is 0 Å². The van der Waals surface area contributed by atoms with Gasteiger partial charge in [-0.1, -0.05) is 43.3 Å². The van der Waals surface area contributed by atoms with Gasteiger partial charge in [-0.05, 0) is 23.6 Å². The van der Waals surface area contributed by atoms with Crippen LogP contribution in [0.3, 0.4) is 0 Å². The van der Waals surface area contributed by atoms with Gasteiger partial charge in [0, 0.05) is 10.9 Å². The predicted octanol–water partition coefficient (Wildman–Crippen LogP) is 4.72. The summed E-state index contributed by atoms with van der Waals surface area (Å²) in [6.45, 7) is 4.38. The van der Waals surface area contributed by atoms with Crippen LogP contribution in [-0.2, 0) is 0 Å². The topological polar surface area (TPSA) is 37.8 Å². The van der Waals surface area contributed by atoms with Crippen molar-refractivity contribution in [3.05, 3.63) is 33.6 Å². The Hall–Kier alpha value is -0.780. The Morgan fingerprint density at radius 3 is 2.74 bits per heavy atom. The molecule has 1 unspecified atom stereocenters. The van der Waals surface area contributed by atoms with Crippen LogP contribution in [0.2, 0.25) is 5.15 Å². The summed E-state index contributed by atoms with van der Waals surface area (Å²) in [6.07, 6.45) is 1.94. The summed E-state index contributed by atoms with van der Waals surface area (Å²) in [6, 6.07) is 6.21. The number of aromatic nitrogens is 2. The number of halogens is 1. The molecule has 0 saturated carbocycles. The van der Waals surface area contributed by atoms with Crippen molar-refractivity contribution in [2.45, 2.75) is 25.0 Å². The van der Waals surface area contributed by atoms with Crippen molar-refractivity contribution in [1.82, 2.24) is 9.97 Å². The molecular weight excluding hydrogens is 298 g/mol. The third-order valence-electron chi connectivity index (χ3n) is 2.68. The van der Waals surface area contributed by atoms with E-state index in [1.807, 2.05) is 6.26 Å². The summed E-state index contributed by atoms with van der Waals surface area (Å²) in [4.78, 5) is 9.89. The molecule has 0 saturated heterocycles. The summed E-state index contributed by atoms with van der Waals surface area (Å²) in [5.74, 6) is 1.24. The molecule has 2 aromatic rings. The van der Waals surface area contributed by atoms with Crippen molar-refractivity contribution in [3.8, 4) is 0 Å². The molecule has 2 aromatic heterocycles. The number of hydrogen-bond acceptors (Lipinski definition) is 5. The molecule has 0 radical (unpaired) electrons.